The van der Waals surface area contributed by atoms with Gasteiger partial charge in [0.2, 0.25) is 5.91 Å². The first-order valence-electron chi connectivity index (χ1n) is 9.61. The van der Waals surface area contributed by atoms with E-state index >= 15 is 0 Å². The van der Waals surface area contributed by atoms with Crippen molar-refractivity contribution >= 4 is 15.7 Å². The maximum absolute atomic E-state index is 13.1. The fourth-order valence-corrected chi connectivity index (χ4v) is 5.27. The number of methoxy groups -OCH3 is 1. The SMILES string of the molecule is CCc1ccc(CN(C(=O)Cc2ccc(OC)cc2)C2CCS(=O)(=O)C2)cc1. The van der Waals surface area contributed by atoms with E-state index in [0.717, 1.165) is 23.3 Å². The Kier molecular flexibility index (Phi) is 6.39. The molecule has 1 atom stereocenters. The fourth-order valence-electron chi connectivity index (χ4n) is 3.54. The molecule has 0 aliphatic carbocycles. The quantitative estimate of drug-likeness (QED) is 0.715. The predicted molar refractivity (Wildman–Crippen MR) is 110 cm³/mol. The number of rotatable bonds is 7. The highest BCUT2D eigenvalue weighted by molar-refractivity contribution is 7.91. The number of carbonyl (C=O) groups excluding carboxylic acids is 1. The number of carbonyl (C=O) groups is 1. The molecule has 0 radical (unpaired) electrons. The molecular weight excluding hydrogens is 374 g/mol. The van der Waals surface area contributed by atoms with Gasteiger partial charge in [0.25, 0.3) is 0 Å². The van der Waals surface area contributed by atoms with Crippen LogP contribution in [0.25, 0.3) is 0 Å². The van der Waals surface area contributed by atoms with Gasteiger partial charge in [0.1, 0.15) is 5.75 Å². The molecule has 2 aromatic carbocycles. The van der Waals surface area contributed by atoms with Crippen LogP contribution < -0.4 is 4.74 Å². The summed E-state index contributed by atoms with van der Waals surface area (Å²) in [6, 6.07) is 15.3. The molecule has 1 fully saturated rings. The molecule has 6 heteroatoms. The van der Waals surface area contributed by atoms with Gasteiger partial charge < -0.3 is 9.64 Å². The maximum Gasteiger partial charge on any atom is 0.227 e. The summed E-state index contributed by atoms with van der Waals surface area (Å²) in [6.45, 7) is 2.53. The van der Waals surface area contributed by atoms with Gasteiger partial charge >= 0.3 is 0 Å². The standard InChI is InChI=1S/C22H27NO4S/c1-3-17-4-6-19(7-5-17)15-23(20-12-13-28(25,26)16-20)22(24)14-18-8-10-21(27-2)11-9-18/h4-11,20H,3,12-16H2,1-2H3. The summed E-state index contributed by atoms with van der Waals surface area (Å²) in [7, 11) is -1.47. The summed E-state index contributed by atoms with van der Waals surface area (Å²) >= 11 is 0. The number of benzene rings is 2. The Morgan fingerprint density at radius 2 is 1.64 bits per heavy atom. The minimum absolute atomic E-state index is 0.0492. The van der Waals surface area contributed by atoms with Crippen molar-refractivity contribution < 1.29 is 17.9 Å². The molecule has 1 amide bonds. The number of hydrogen-bond donors (Lipinski definition) is 0. The molecule has 1 saturated heterocycles. The number of aryl methyl sites for hydroxylation is 1. The van der Waals surface area contributed by atoms with E-state index < -0.39 is 9.84 Å². The van der Waals surface area contributed by atoms with Gasteiger partial charge in [-0.05, 0) is 41.7 Å². The zero-order chi connectivity index (χ0) is 20.1. The van der Waals surface area contributed by atoms with E-state index in [1.165, 1.54) is 5.56 Å². The first-order chi connectivity index (χ1) is 13.4. The van der Waals surface area contributed by atoms with Crippen molar-refractivity contribution in [3.63, 3.8) is 0 Å². The lowest BCUT2D eigenvalue weighted by Gasteiger charge is -2.29. The number of nitrogens with zero attached hydrogens (tertiary/aromatic N) is 1. The Labute approximate surface area is 167 Å². The third kappa shape index (κ3) is 5.13. The van der Waals surface area contributed by atoms with Crippen molar-refractivity contribution in [1.82, 2.24) is 4.90 Å². The number of hydrogen-bond acceptors (Lipinski definition) is 4. The zero-order valence-electron chi connectivity index (χ0n) is 16.4. The predicted octanol–water partition coefficient (Wildman–Crippen LogP) is 3.02. The normalized spacial score (nSPS) is 18.0. The summed E-state index contributed by atoms with van der Waals surface area (Å²) in [5.41, 5.74) is 3.14. The highest BCUT2D eigenvalue weighted by atomic mass is 32.2. The van der Waals surface area contributed by atoms with Gasteiger partial charge in [-0.2, -0.15) is 0 Å². The first kappa shape index (κ1) is 20.4. The minimum atomic E-state index is -3.07. The lowest BCUT2D eigenvalue weighted by molar-refractivity contribution is -0.133. The van der Waals surface area contributed by atoms with Crippen molar-refractivity contribution in [1.29, 1.82) is 0 Å². The summed E-state index contributed by atoms with van der Waals surface area (Å²) < 4.78 is 29.1. The second kappa shape index (κ2) is 8.78. The van der Waals surface area contributed by atoms with Crippen LogP contribution in [0, 0.1) is 0 Å². The second-order valence-corrected chi connectivity index (χ2v) is 9.50. The van der Waals surface area contributed by atoms with Crippen LogP contribution in [0.3, 0.4) is 0 Å². The van der Waals surface area contributed by atoms with Gasteiger partial charge in [0.15, 0.2) is 9.84 Å². The smallest absolute Gasteiger partial charge is 0.227 e. The largest absolute Gasteiger partial charge is 0.497 e. The van der Waals surface area contributed by atoms with Crippen molar-refractivity contribution in [2.24, 2.45) is 0 Å². The Hall–Kier alpha value is -2.34. The monoisotopic (exact) mass is 401 g/mol. The van der Waals surface area contributed by atoms with Crippen molar-refractivity contribution in [2.75, 3.05) is 18.6 Å². The number of sulfone groups is 1. The lowest BCUT2D eigenvalue weighted by atomic mass is 10.1. The zero-order valence-corrected chi connectivity index (χ0v) is 17.2. The Morgan fingerprint density at radius 3 is 2.18 bits per heavy atom. The Morgan fingerprint density at radius 1 is 1.04 bits per heavy atom. The molecule has 1 unspecified atom stereocenters. The van der Waals surface area contributed by atoms with Crippen molar-refractivity contribution in [3.8, 4) is 5.75 Å². The molecule has 1 aliphatic heterocycles. The van der Waals surface area contributed by atoms with Gasteiger partial charge in [-0.25, -0.2) is 8.42 Å². The topological polar surface area (TPSA) is 63.7 Å². The average molecular weight is 402 g/mol. The fraction of sp³-hybridized carbons (Fsp3) is 0.409. The molecule has 0 saturated carbocycles. The molecule has 0 aromatic heterocycles. The van der Waals surface area contributed by atoms with Gasteiger partial charge in [0.05, 0.1) is 25.0 Å². The average Bonchev–Trinajstić information content (AvgIpc) is 3.06. The third-order valence-electron chi connectivity index (χ3n) is 5.27. The van der Waals surface area contributed by atoms with Gasteiger partial charge in [-0.3, -0.25) is 4.79 Å². The molecule has 1 heterocycles. The first-order valence-corrected chi connectivity index (χ1v) is 11.4. The third-order valence-corrected chi connectivity index (χ3v) is 7.02. The summed E-state index contributed by atoms with van der Waals surface area (Å²) in [6.07, 6.45) is 1.71. The highest BCUT2D eigenvalue weighted by Crippen LogP contribution is 2.22. The van der Waals surface area contributed by atoms with Crippen molar-refractivity contribution in [3.05, 3.63) is 65.2 Å². The number of amides is 1. The second-order valence-electron chi connectivity index (χ2n) is 7.27. The van der Waals surface area contributed by atoms with Crippen LogP contribution in [0.4, 0.5) is 0 Å². The van der Waals surface area contributed by atoms with E-state index in [9.17, 15) is 13.2 Å². The molecule has 0 spiro atoms. The van der Waals surface area contributed by atoms with Crippen LogP contribution in [0.2, 0.25) is 0 Å². The molecule has 0 N–H and O–H groups in total. The van der Waals surface area contributed by atoms with E-state index in [0.29, 0.717) is 13.0 Å². The highest BCUT2D eigenvalue weighted by Gasteiger charge is 2.34. The van der Waals surface area contributed by atoms with Crippen LogP contribution in [0.1, 0.15) is 30.0 Å². The van der Waals surface area contributed by atoms with Crippen molar-refractivity contribution in [2.45, 2.75) is 38.8 Å². The van der Waals surface area contributed by atoms with E-state index in [-0.39, 0.29) is 29.9 Å². The van der Waals surface area contributed by atoms with E-state index in [4.69, 9.17) is 4.74 Å². The summed E-state index contributed by atoms with van der Waals surface area (Å²) in [4.78, 5) is 14.8. The van der Waals surface area contributed by atoms with E-state index in [1.54, 1.807) is 12.0 Å². The Bertz CT molecular complexity index is 905. The van der Waals surface area contributed by atoms with Crippen LogP contribution in [0.5, 0.6) is 5.75 Å². The molecule has 3 rings (SSSR count). The van der Waals surface area contributed by atoms with Gasteiger partial charge in [-0.15, -0.1) is 0 Å². The molecule has 2 aromatic rings. The maximum atomic E-state index is 13.1. The lowest BCUT2D eigenvalue weighted by Crippen LogP contribution is -2.41. The minimum Gasteiger partial charge on any atom is -0.497 e. The Balaban J connectivity index is 1.78. The number of ether oxygens (including phenoxy) is 1. The molecule has 0 bridgehead atoms. The summed E-state index contributed by atoms with van der Waals surface area (Å²) in [5, 5.41) is 0. The van der Waals surface area contributed by atoms with Crippen LogP contribution in [-0.4, -0.2) is 43.9 Å². The molecular formula is C22H27NO4S. The van der Waals surface area contributed by atoms with Gasteiger partial charge in [-0.1, -0.05) is 43.3 Å². The van der Waals surface area contributed by atoms with E-state index in [1.807, 2.05) is 36.4 Å². The molecule has 5 nitrogen and oxygen atoms in total. The van der Waals surface area contributed by atoms with Crippen LogP contribution in [-0.2, 0) is 34.0 Å². The van der Waals surface area contributed by atoms with E-state index in [2.05, 4.69) is 19.1 Å². The van der Waals surface area contributed by atoms with Crippen LogP contribution in [0.15, 0.2) is 48.5 Å². The molecule has 150 valence electrons. The van der Waals surface area contributed by atoms with Gasteiger partial charge in [0, 0.05) is 12.6 Å². The van der Waals surface area contributed by atoms with Crippen LogP contribution >= 0.6 is 0 Å². The summed E-state index contributed by atoms with van der Waals surface area (Å²) in [5.74, 6) is 0.894. The molecule has 1 aliphatic rings. The molecule has 28 heavy (non-hydrogen) atoms.